The molecule has 0 amide bonds. The Bertz CT molecular complexity index is 1330. The number of ether oxygens (including phenoxy) is 2. The van der Waals surface area contributed by atoms with E-state index in [1.54, 1.807) is 13.8 Å². The van der Waals surface area contributed by atoms with E-state index in [2.05, 4.69) is 22.8 Å². The first-order valence-corrected chi connectivity index (χ1v) is 14.0. The maximum absolute atomic E-state index is 13.9. The molecule has 2 aliphatic rings. The van der Waals surface area contributed by atoms with Crippen molar-refractivity contribution in [3.8, 4) is 0 Å². The molecular weight excluding hydrogens is 504 g/mol. The summed E-state index contributed by atoms with van der Waals surface area (Å²) in [7, 11) is 0. The molecule has 2 N–H and O–H groups in total. The fourth-order valence-electron chi connectivity index (χ4n) is 5.85. The van der Waals surface area contributed by atoms with Crippen LogP contribution in [0.4, 0.5) is 0 Å². The van der Waals surface area contributed by atoms with Crippen LogP contribution < -0.4 is 10.6 Å². The fourth-order valence-corrected chi connectivity index (χ4v) is 5.85. The van der Waals surface area contributed by atoms with E-state index >= 15 is 0 Å². The number of esters is 2. The van der Waals surface area contributed by atoms with Crippen molar-refractivity contribution in [2.75, 3.05) is 6.61 Å². The van der Waals surface area contributed by atoms with Crippen LogP contribution in [0.5, 0.6) is 0 Å². The van der Waals surface area contributed by atoms with E-state index in [4.69, 9.17) is 9.47 Å². The Hall–Kier alpha value is -3.81. The second-order valence-corrected chi connectivity index (χ2v) is 10.6. The third kappa shape index (κ3) is 6.16. The molecule has 4 atom stereocenters. The summed E-state index contributed by atoms with van der Waals surface area (Å²) in [6.45, 7) is 4.00. The van der Waals surface area contributed by atoms with Crippen LogP contribution >= 0.6 is 0 Å². The van der Waals surface area contributed by atoms with Crippen molar-refractivity contribution in [3.05, 3.63) is 107 Å². The molecule has 0 spiro atoms. The van der Waals surface area contributed by atoms with Crippen molar-refractivity contribution >= 4 is 17.7 Å². The van der Waals surface area contributed by atoms with E-state index in [9.17, 15) is 14.4 Å². The van der Waals surface area contributed by atoms with Gasteiger partial charge in [-0.3, -0.25) is 25.0 Å². The minimum Gasteiger partial charge on any atom is -0.465 e. The van der Waals surface area contributed by atoms with Gasteiger partial charge in [0, 0.05) is 0 Å². The lowest BCUT2D eigenvalue weighted by molar-refractivity contribution is -0.148. The molecule has 1 aliphatic carbocycles. The van der Waals surface area contributed by atoms with Gasteiger partial charge in [0.2, 0.25) is 0 Å². The normalized spacial score (nSPS) is 19.6. The number of benzene rings is 3. The Morgan fingerprint density at radius 2 is 1.48 bits per heavy atom. The van der Waals surface area contributed by atoms with Gasteiger partial charge < -0.3 is 9.47 Å². The lowest BCUT2D eigenvalue weighted by atomic mass is 9.86. The van der Waals surface area contributed by atoms with Crippen molar-refractivity contribution in [3.63, 3.8) is 0 Å². The number of hydrogen-bond acceptors (Lipinski definition) is 7. The molecule has 7 nitrogen and oxygen atoms in total. The van der Waals surface area contributed by atoms with Crippen LogP contribution in [0.1, 0.15) is 47.7 Å². The molecule has 0 saturated heterocycles. The Morgan fingerprint density at radius 1 is 0.850 bits per heavy atom. The lowest BCUT2D eigenvalue weighted by Gasteiger charge is -2.34. The average molecular weight is 541 g/mol. The van der Waals surface area contributed by atoms with E-state index in [0.717, 1.165) is 29.5 Å². The van der Waals surface area contributed by atoms with E-state index in [1.807, 2.05) is 66.7 Å². The molecule has 0 fully saturated rings. The summed E-state index contributed by atoms with van der Waals surface area (Å²) in [6, 6.07) is 22.7. The van der Waals surface area contributed by atoms with Crippen LogP contribution in [0, 0.1) is 5.92 Å². The summed E-state index contributed by atoms with van der Waals surface area (Å²) in [5.41, 5.74) is 5.12. The second kappa shape index (κ2) is 12.6. The Balaban J connectivity index is 1.31. The number of nitrogens with one attached hydrogen (secondary N) is 2. The van der Waals surface area contributed by atoms with E-state index in [0.29, 0.717) is 6.42 Å². The zero-order valence-electron chi connectivity index (χ0n) is 23.0. The molecule has 0 saturated carbocycles. The predicted molar refractivity (Wildman–Crippen MR) is 151 cm³/mol. The molecule has 0 radical (unpaired) electrons. The number of ketones is 1. The number of hydrogen-bond donors (Lipinski definition) is 2. The first-order valence-electron chi connectivity index (χ1n) is 14.0. The number of fused-ring (bicyclic) bond motifs is 2. The van der Waals surface area contributed by atoms with Gasteiger partial charge in [0.25, 0.3) is 0 Å². The SMILES string of the molecule is CCOC(=O)C(NC(C)C(=O)C1NC(C(=O)OCc2ccccc2)Cc2ccccc21)C1Cc2ccccc2C1. The molecule has 5 rings (SSSR count). The minimum atomic E-state index is -0.717. The smallest absolute Gasteiger partial charge is 0.323 e. The van der Waals surface area contributed by atoms with Gasteiger partial charge in [-0.2, -0.15) is 0 Å². The molecule has 0 aromatic heterocycles. The van der Waals surface area contributed by atoms with Gasteiger partial charge in [0.05, 0.1) is 18.7 Å². The first kappa shape index (κ1) is 27.7. The van der Waals surface area contributed by atoms with Crippen LogP contribution in [0.15, 0.2) is 78.9 Å². The van der Waals surface area contributed by atoms with Crippen LogP contribution in [-0.2, 0) is 49.7 Å². The Morgan fingerprint density at radius 3 is 2.15 bits per heavy atom. The molecule has 0 bridgehead atoms. The highest BCUT2D eigenvalue weighted by Crippen LogP contribution is 2.31. The van der Waals surface area contributed by atoms with Crippen molar-refractivity contribution in [2.45, 2.75) is 63.9 Å². The van der Waals surface area contributed by atoms with Gasteiger partial charge in [-0.1, -0.05) is 78.9 Å². The van der Waals surface area contributed by atoms with Crippen molar-refractivity contribution in [2.24, 2.45) is 5.92 Å². The van der Waals surface area contributed by atoms with Crippen LogP contribution in [0.25, 0.3) is 0 Å². The van der Waals surface area contributed by atoms with Gasteiger partial charge in [0.15, 0.2) is 5.78 Å². The van der Waals surface area contributed by atoms with Crippen molar-refractivity contribution in [1.82, 2.24) is 10.6 Å². The van der Waals surface area contributed by atoms with E-state index in [1.165, 1.54) is 11.1 Å². The van der Waals surface area contributed by atoms with E-state index in [-0.39, 0.29) is 30.9 Å². The predicted octanol–water partition coefficient (Wildman–Crippen LogP) is 3.88. The Kier molecular flexibility index (Phi) is 8.72. The molecule has 40 heavy (non-hydrogen) atoms. The zero-order valence-corrected chi connectivity index (χ0v) is 23.0. The number of carbonyl (C=O) groups is 3. The summed E-state index contributed by atoms with van der Waals surface area (Å²) in [5.74, 6) is -0.902. The lowest BCUT2D eigenvalue weighted by Crippen LogP contribution is -2.55. The average Bonchev–Trinajstić information content (AvgIpc) is 3.42. The van der Waals surface area contributed by atoms with Crippen molar-refractivity contribution < 1.29 is 23.9 Å². The van der Waals surface area contributed by atoms with Gasteiger partial charge in [0.1, 0.15) is 18.7 Å². The standard InChI is InChI=1S/C33H36N2O5/c1-3-39-33(38)29(26-17-23-13-7-8-14-24(23)18-26)34-21(2)31(36)30-27-16-10-9-15-25(27)19-28(35-30)32(37)40-20-22-11-5-4-6-12-22/h4-16,21,26,28-30,34-35H,3,17-20H2,1-2H3. The van der Waals surface area contributed by atoms with Crippen molar-refractivity contribution in [1.29, 1.82) is 0 Å². The number of carbonyl (C=O) groups excluding carboxylic acids is 3. The molecule has 7 heteroatoms. The summed E-state index contributed by atoms with van der Waals surface area (Å²) >= 11 is 0. The Labute approximate surface area is 235 Å². The minimum absolute atomic E-state index is 0.0148. The summed E-state index contributed by atoms with van der Waals surface area (Å²) in [5, 5.41) is 6.57. The number of Topliss-reactive ketones (excluding diaryl/α,β-unsaturated/α-hetero) is 1. The maximum atomic E-state index is 13.9. The molecule has 3 aromatic carbocycles. The molecule has 208 valence electrons. The third-order valence-electron chi connectivity index (χ3n) is 7.90. The maximum Gasteiger partial charge on any atom is 0.323 e. The topological polar surface area (TPSA) is 93.7 Å². The van der Waals surface area contributed by atoms with Gasteiger partial charge in [-0.15, -0.1) is 0 Å². The van der Waals surface area contributed by atoms with Crippen LogP contribution in [-0.4, -0.2) is 42.5 Å². The highest BCUT2D eigenvalue weighted by Gasteiger charge is 2.40. The van der Waals surface area contributed by atoms with E-state index < -0.39 is 30.1 Å². The second-order valence-electron chi connectivity index (χ2n) is 10.6. The monoisotopic (exact) mass is 540 g/mol. The summed E-state index contributed by atoms with van der Waals surface area (Å²) in [6.07, 6.45) is 1.92. The quantitative estimate of drug-likeness (QED) is 0.377. The van der Waals surface area contributed by atoms with Gasteiger partial charge in [-0.05, 0) is 66.8 Å². The summed E-state index contributed by atoms with van der Waals surface area (Å²) < 4.78 is 11.0. The first-order chi connectivity index (χ1) is 19.4. The molecule has 4 unspecified atom stereocenters. The largest absolute Gasteiger partial charge is 0.465 e. The highest BCUT2D eigenvalue weighted by molar-refractivity contribution is 5.92. The highest BCUT2D eigenvalue weighted by atomic mass is 16.5. The summed E-state index contributed by atoms with van der Waals surface area (Å²) in [4.78, 5) is 40.1. The van der Waals surface area contributed by atoms with Crippen LogP contribution in [0.2, 0.25) is 0 Å². The fraction of sp³-hybridized carbons (Fsp3) is 0.364. The van der Waals surface area contributed by atoms with Gasteiger partial charge >= 0.3 is 11.9 Å². The van der Waals surface area contributed by atoms with Gasteiger partial charge in [-0.25, -0.2) is 0 Å². The van der Waals surface area contributed by atoms with Crippen LogP contribution in [0.3, 0.4) is 0 Å². The zero-order chi connectivity index (χ0) is 28.1. The third-order valence-corrected chi connectivity index (χ3v) is 7.90. The molecular formula is C33H36N2O5. The number of rotatable bonds is 10. The molecule has 1 heterocycles. The molecule has 1 aliphatic heterocycles. The molecule has 3 aromatic rings.